The fourth-order valence-electron chi connectivity index (χ4n) is 10.2. The Labute approximate surface area is 220 Å². The van der Waals surface area contributed by atoms with Crippen LogP contribution in [0.5, 0.6) is 0 Å². The molecule has 6 fully saturated rings. The summed E-state index contributed by atoms with van der Waals surface area (Å²) < 4.78 is 17.5. The molecular formula is C29H46O8. The first-order valence-corrected chi connectivity index (χ1v) is 14.7. The van der Waals surface area contributed by atoms with Crippen LogP contribution in [0, 0.1) is 40.4 Å². The van der Waals surface area contributed by atoms with Crippen LogP contribution in [0.15, 0.2) is 0 Å². The maximum Gasteiger partial charge on any atom is 0.306 e. The van der Waals surface area contributed by atoms with E-state index in [1.165, 1.54) is 0 Å². The number of aliphatic hydroxyl groups excluding tert-OH is 3. The van der Waals surface area contributed by atoms with Crippen LogP contribution in [0.25, 0.3) is 0 Å². The molecular weight excluding hydrogens is 476 g/mol. The average Bonchev–Trinajstić information content (AvgIpc) is 3.39. The van der Waals surface area contributed by atoms with Crippen molar-refractivity contribution in [2.75, 3.05) is 6.61 Å². The fourth-order valence-corrected chi connectivity index (χ4v) is 10.2. The molecule has 6 aliphatic rings. The van der Waals surface area contributed by atoms with Gasteiger partial charge in [-0.2, -0.15) is 0 Å². The summed E-state index contributed by atoms with van der Waals surface area (Å²) in [6.07, 6.45) is 4.46. The van der Waals surface area contributed by atoms with Crippen LogP contribution in [0.1, 0.15) is 85.0 Å². The number of ether oxygens (including phenoxy) is 3. The first-order chi connectivity index (χ1) is 17.5. The topological polar surface area (TPSA) is 126 Å². The number of fused-ring (bicyclic) bond motifs is 5. The molecule has 2 saturated heterocycles. The van der Waals surface area contributed by atoms with E-state index in [0.29, 0.717) is 31.8 Å². The maximum absolute atomic E-state index is 12.4. The predicted octanol–water partition coefficient (Wildman–Crippen LogP) is 2.54. The van der Waals surface area contributed by atoms with E-state index in [1.54, 1.807) is 6.92 Å². The largest absolute Gasteiger partial charge is 0.465 e. The molecule has 4 aliphatic carbocycles. The Bertz CT molecular complexity index is 885. The van der Waals surface area contributed by atoms with E-state index in [9.17, 15) is 25.2 Å². The highest BCUT2D eigenvalue weighted by Crippen LogP contribution is 2.70. The second-order valence-electron chi connectivity index (χ2n) is 13.8. The Morgan fingerprint density at radius 2 is 1.73 bits per heavy atom. The third-order valence-electron chi connectivity index (χ3n) is 12.4. The van der Waals surface area contributed by atoms with Gasteiger partial charge in [-0.15, -0.1) is 0 Å². The summed E-state index contributed by atoms with van der Waals surface area (Å²) in [4.78, 5) is 11.9. The molecule has 0 spiro atoms. The summed E-state index contributed by atoms with van der Waals surface area (Å²) in [5, 5.41) is 44.3. The lowest BCUT2D eigenvalue weighted by Crippen LogP contribution is -2.67. The van der Waals surface area contributed by atoms with Crippen molar-refractivity contribution < 1.29 is 39.4 Å². The molecule has 0 aromatic heterocycles. The Balaban J connectivity index is 1.17. The minimum atomic E-state index is -0.921. The zero-order valence-electron chi connectivity index (χ0n) is 22.6. The molecule has 2 aliphatic heterocycles. The summed E-state index contributed by atoms with van der Waals surface area (Å²) in [6, 6.07) is 0. The smallest absolute Gasteiger partial charge is 0.306 e. The molecule has 8 heteroatoms. The van der Waals surface area contributed by atoms with Crippen molar-refractivity contribution in [3.05, 3.63) is 0 Å². The van der Waals surface area contributed by atoms with Gasteiger partial charge in [0, 0.05) is 17.8 Å². The van der Waals surface area contributed by atoms with E-state index in [-0.39, 0.29) is 47.6 Å². The highest BCUT2D eigenvalue weighted by atomic mass is 16.7. The summed E-state index contributed by atoms with van der Waals surface area (Å²) in [5.41, 5.74) is -1.51. The van der Waals surface area contributed by atoms with Crippen LogP contribution in [0.2, 0.25) is 0 Å². The van der Waals surface area contributed by atoms with Crippen molar-refractivity contribution in [1.82, 2.24) is 0 Å². The summed E-state index contributed by atoms with van der Waals surface area (Å²) in [7, 11) is 0. The molecule has 0 amide bonds. The third kappa shape index (κ3) is 3.87. The van der Waals surface area contributed by atoms with E-state index < -0.39 is 41.7 Å². The summed E-state index contributed by atoms with van der Waals surface area (Å²) >= 11 is 0. The van der Waals surface area contributed by atoms with Crippen molar-refractivity contribution in [2.45, 2.75) is 127 Å². The second kappa shape index (κ2) is 9.13. The van der Waals surface area contributed by atoms with Crippen molar-refractivity contribution in [1.29, 1.82) is 0 Å². The van der Waals surface area contributed by atoms with Gasteiger partial charge in [0.15, 0.2) is 6.29 Å². The molecule has 14 unspecified atom stereocenters. The van der Waals surface area contributed by atoms with Gasteiger partial charge in [-0.3, -0.25) is 4.79 Å². The normalized spacial score (nSPS) is 57.8. The molecule has 37 heavy (non-hydrogen) atoms. The SMILES string of the molecule is CC1OC(OC2CCC3(C)C(CCC4C3CC(O)C3(C)C(C5COC(=O)C5)CCC43O)C2)CC(O)C1O. The highest BCUT2D eigenvalue weighted by molar-refractivity contribution is 5.71. The molecule has 4 N–H and O–H groups in total. The number of esters is 1. The highest BCUT2D eigenvalue weighted by Gasteiger charge is 2.71. The lowest BCUT2D eigenvalue weighted by molar-refractivity contribution is -0.276. The molecule has 0 radical (unpaired) electrons. The molecule has 14 atom stereocenters. The first kappa shape index (κ1) is 26.5. The van der Waals surface area contributed by atoms with E-state index >= 15 is 0 Å². The van der Waals surface area contributed by atoms with Crippen molar-refractivity contribution >= 4 is 5.97 Å². The maximum atomic E-state index is 12.4. The lowest BCUT2D eigenvalue weighted by Gasteiger charge is -2.65. The Hall–Kier alpha value is -0.770. The number of hydrogen-bond donors (Lipinski definition) is 4. The van der Waals surface area contributed by atoms with Crippen LogP contribution in [0.3, 0.4) is 0 Å². The van der Waals surface area contributed by atoms with Gasteiger partial charge in [0.1, 0.15) is 6.10 Å². The van der Waals surface area contributed by atoms with Gasteiger partial charge in [0.2, 0.25) is 0 Å². The van der Waals surface area contributed by atoms with Crippen LogP contribution < -0.4 is 0 Å². The molecule has 0 aromatic rings. The minimum absolute atomic E-state index is 0.0295. The summed E-state index contributed by atoms with van der Waals surface area (Å²) in [6.45, 7) is 6.64. The Morgan fingerprint density at radius 1 is 0.946 bits per heavy atom. The van der Waals surface area contributed by atoms with Crippen LogP contribution in [0.4, 0.5) is 0 Å². The minimum Gasteiger partial charge on any atom is -0.465 e. The van der Waals surface area contributed by atoms with E-state index in [1.807, 2.05) is 0 Å². The molecule has 8 nitrogen and oxygen atoms in total. The van der Waals surface area contributed by atoms with E-state index in [4.69, 9.17) is 14.2 Å². The quantitative estimate of drug-likeness (QED) is 0.329. The second-order valence-corrected chi connectivity index (χ2v) is 13.8. The number of cyclic esters (lactones) is 1. The molecule has 0 bridgehead atoms. The van der Waals surface area contributed by atoms with Crippen LogP contribution in [-0.4, -0.2) is 75.4 Å². The van der Waals surface area contributed by atoms with Gasteiger partial charge < -0.3 is 34.6 Å². The Morgan fingerprint density at radius 3 is 2.43 bits per heavy atom. The number of aliphatic hydroxyl groups is 4. The van der Waals surface area contributed by atoms with Gasteiger partial charge in [0.25, 0.3) is 0 Å². The average molecular weight is 523 g/mol. The van der Waals surface area contributed by atoms with Gasteiger partial charge >= 0.3 is 5.97 Å². The van der Waals surface area contributed by atoms with E-state index in [0.717, 1.165) is 38.5 Å². The standard InChI is InChI=1S/C29H46O8/c1-15-26(33)22(30)13-25(36-15)37-18-6-8-27(2)17(11-18)4-5-20-21(27)12-23(31)28(3)19(7-9-29(20,28)34)16-10-24(32)35-14-16/h15-23,25-26,30-31,33-34H,4-14H2,1-3H3. The number of hydrogen-bond acceptors (Lipinski definition) is 8. The number of carbonyl (C=O) groups excluding carboxylic acids is 1. The molecule has 4 saturated carbocycles. The molecule has 6 rings (SSSR count). The molecule has 210 valence electrons. The van der Waals surface area contributed by atoms with Gasteiger partial charge in [-0.25, -0.2) is 0 Å². The predicted molar refractivity (Wildman–Crippen MR) is 133 cm³/mol. The summed E-state index contributed by atoms with van der Waals surface area (Å²) in [5.74, 6) is 0.883. The Kier molecular flexibility index (Phi) is 6.53. The van der Waals surface area contributed by atoms with Crippen LogP contribution in [-0.2, 0) is 19.0 Å². The monoisotopic (exact) mass is 522 g/mol. The van der Waals surface area contributed by atoms with Crippen molar-refractivity contribution in [2.24, 2.45) is 40.4 Å². The van der Waals surface area contributed by atoms with Crippen LogP contribution >= 0.6 is 0 Å². The zero-order valence-corrected chi connectivity index (χ0v) is 22.6. The van der Waals surface area contributed by atoms with Crippen molar-refractivity contribution in [3.63, 3.8) is 0 Å². The van der Waals surface area contributed by atoms with E-state index in [2.05, 4.69) is 13.8 Å². The van der Waals surface area contributed by atoms with Gasteiger partial charge in [-0.05, 0) is 87.4 Å². The fraction of sp³-hybridized carbons (Fsp3) is 0.966. The van der Waals surface area contributed by atoms with Gasteiger partial charge in [0.05, 0.1) is 43.0 Å². The zero-order chi connectivity index (χ0) is 26.3. The lowest BCUT2D eigenvalue weighted by atomic mass is 9.42. The number of carbonyl (C=O) groups is 1. The van der Waals surface area contributed by atoms with Crippen molar-refractivity contribution in [3.8, 4) is 0 Å². The molecule has 2 heterocycles. The molecule has 0 aromatic carbocycles. The van der Waals surface area contributed by atoms with Gasteiger partial charge in [-0.1, -0.05) is 13.8 Å². The number of rotatable bonds is 3. The first-order valence-electron chi connectivity index (χ1n) is 14.7. The third-order valence-corrected chi connectivity index (χ3v) is 12.4.